The topological polar surface area (TPSA) is 35.9 Å². The molecule has 4 rings (SSSR count). The fourth-order valence-corrected chi connectivity index (χ4v) is 4.41. The summed E-state index contributed by atoms with van der Waals surface area (Å²) < 4.78 is 18.6. The first-order valence-electron chi connectivity index (χ1n) is 10.3. The van der Waals surface area contributed by atoms with Gasteiger partial charge in [-0.15, -0.1) is 0 Å². The Morgan fingerprint density at radius 2 is 1.82 bits per heavy atom. The van der Waals surface area contributed by atoms with E-state index in [1.165, 1.54) is 29.7 Å². The van der Waals surface area contributed by atoms with E-state index < -0.39 is 0 Å². The minimum absolute atomic E-state index is 0.0389. The summed E-state index contributed by atoms with van der Waals surface area (Å²) in [6.45, 7) is 4.71. The number of aliphatic hydroxyl groups is 1. The molecule has 28 heavy (non-hydrogen) atoms. The van der Waals surface area contributed by atoms with Crippen LogP contribution in [0.5, 0.6) is 5.75 Å². The number of likely N-dealkylation sites (tertiary alicyclic amines) is 1. The van der Waals surface area contributed by atoms with E-state index in [0.717, 1.165) is 44.8 Å². The third-order valence-corrected chi connectivity index (χ3v) is 5.98. The minimum Gasteiger partial charge on any atom is -0.491 e. The molecule has 2 aliphatic rings. The van der Waals surface area contributed by atoms with Crippen LogP contribution in [0.3, 0.4) is 0 Å². The molecule has 0 atom stereocenters. The molecule has 0 aromatic heterocycles. The highest BCUT2D eigenvalue weighted by Crippen LogP contribution is 2.35. The molecule has 5 heteroatoms. The van der Waals surface area contributed by atoms with Crippen LogP contribution in [0.2, 0.25) is 0 Å². The lowest BCUT2D eigenvalue weighted by Gasteiger charge is -2.38. The van der Waals surface area contributed by atoms with E-state index in [0.29, 0.717) is 12.6 Å². The highest BCUT2D eigenvalue weighted by atomic mass is 19.1. The standard InChI is InChI=1S/C23H29FN2O2/c24-20-4-1-18(2-5-20)7-11-25-12-9-21(10-13-25)26-14-8-19-3-6-22(17-23(19)26)28-16-15-27/h1-6,17,21,27H,7-16H2. The highest BCUT2D eigenvalue weighted by Gasteiger charge is 2.29. The number of benzene rings is 2. The van der Waals surface area contributed by atoms with Gasteiger partial charge in [0.05, 0.1) is 6.61 Å². The fourth-order valence-electron chi connectivity index (χ4n) is 4.41. The zero-order valence-electron chi connectivity index (χ0n) is 16.3. The first kappa shape index (κ1) is 19.2. The number of hydrogen-bond donors (Lipinski definition) is 1. The van der Waals surface area contributed by atoms with Crippen LogP contribution < -0.4 is 9.64 Å². The van der Waals surface area contributed by atoms with Crippen molar-refractivity contribution in [2.24, 2.45) is 0 Å². The Kier molecular flexibility index (Phi) is 6.13. The van der Waals surface area contributed by atoms with Crippen molar-refractivity contribution in [1.29, 1.82) is 0 Å². The highest BCUT2D eigenvalue weighted by molar-refractivity contribution is 5.61. The van der Waals surface area contributed by atoms with E-state index in [9.17, 15) is 4.39 Å². The second-order valence-electron chi connectivity index (χ2n) is 7.76. The third-order valence-electron chi connectivity index (χ3n) is 5.98. The maximum Gasteiger partial charge on any atom is 0.123 e. The Labute approximate surface area is 166 Å². The zero-order valence-corrected chi connectivity index (χ0v) is 16.3. The van der Waals surface area contributed by atoms with Crippen molar-refractivity contribution in [3.8, 4) is 5.75 Å². The fraction of sp³-hybridized carbons (Fsp3) is 0.478. The molecular weight excluding hydrogens is 355 g/mol. The quantitative estimate of drug-likeness (QED) is 0.795. The lowest BCUT2D eigenvalue weighted by Crippen LogP contribution is -2.45. The van der Waals surface area contributed by atoms with Gasteiger partial charge in [-0.2, -0.15) is 0 Å². The normalized spacial score (nSPS) is 17.7. The largest absolute Gasteiger partial charge is 0.491 e. The number of halogens is 1. The maximum absolute atomic E-state index is 13.0. The predicted molar refractivity (Wildman–Crippen MR) is 110 cm³/mol. The number of anilines is 1. The van der Waals surface area contributed by atoms with E-state index in [1.807, 2.05) is 18.2 Å². The van der Waals surface area contributed by atoms with Crippen molar-refractivity contribution >= 4 is 5.69 Å². The Morgan fingerprint density at radius 3 is 2.57 bits per heavy atom. The van der Waals surface area contributed by atoms with Crippen LogP contribution in [-0.2, 0) is 12.8 Å². The lowest BCUT2D eigenvalue weighted by molar-refractivity contribution is 0.201. The van der Waals surface area contributed by atoms with Crippen molar-refractivity contribution in [2.45, 2.75) is 31.7 Å². The van der Waals surface area contributed by atoms with Gasteiger partial charge < -0.3 is 19.6 Å². The molecule has 2 aliphatic heterocycles. The predicted octanol–water partition coefficient (Wildman–Crippen LogP) is 3.27. The van der Waals surface area contributed by atoms with Gasteiger partial charge in [-0.3, -0.25) is 0 Å². The summed E-state index contributed by atoms with van der Waals surface area (Å²) in [5, 5.41) is 8.97. The Bertz CT molecular complexity index is 773. The van der Waals surface area contributed by atoms with E-state index >= 15 is 0 Å². The van der Waals surface area contributed by atoms with Gasteiger partial charge in [0.2, 0.25) is 0 Å². The summed E-state index contributed by atoms with van der Waals surface area (Å²) in [6.07, 6.45) is 4.42. The number of piperidine rings is 1. The number of fused-ring (bicyclic) bond motifs is 1. The second-order valence-corrected chi connectivity index (χ2v) is 7.76. The summed E-state index contributed by atoms with van der Waals surface area (Å²) in [5.41, 5.74) is 3.91. The number of rotatable bonds is 7. The minimum atomic E-state index is -0.166. The molecule has 2 aromatic carbocycles. The summed E-state index contributed by atoms with van der Waals surface area (Å²) in [4.78, 5) is 5.08. The third kappa shape index (κ3) is 4.47. The van der Waals surface area contributed by atoms with Gasteiger partial charge in [0.25, 0.3) is 0 Å². The molecule has 0 spiro atoms. The first-order chi connectivity index (χ1) is 13.7. The van der Waals surface area contributed by atoms with Gasteiger partial charge in [-0.1, -0.05) is 18.2 Å². The van der Waals surface area contributed by atoms with Gasteiger partial charge in [0, 0.05) is 44.0 Å². The van der Waals surface area contributed by atoms with E-state index in [2.05, 4.69) is 21.9 Å². The molecule has 0 amide bonds. The van der Waals surface area contributed by atoms with Crippen molar-refractivity contribution in [1.82, 2.24) is 4.90 Å². The number of nitrogens with zero attached hydrogens (tertiary/aromatic N) is 2. The van der Waals surface area contributed by atoms with Crippen molar-refractivity contribution in [3.05, 3.63) is 59.4 Å². The summed E-state index contributed by atoms with van der Waals surface area (Å²) >= 11 is 0. The number of ether oxygens (including phenoxy) is 1. The van der Waals surface area contributed by atoms with Gasteiger partial charge in [-0.05, 0) is 55.0 Å². The molecule has 1 fully saturated rings. The molecule has 4 nitrogen and oxygen atoms in total. The number of hydrogen-bond acceptors (Lipinski definition) is 4. The summed E-state index contributed by atoms with van der Waals surface area (Å²) in [7, 11) is 0. The van der Waals surface area contributed by atoms with Crippen molar-refractivity contribution in [2.75, 3.05) is 44.3 Å². The van der Waals surface area contributed by atoms with Crippen molar-refractivity contribution in [3.63, 3.8) is 0 Å². The molecule has 2 aromatic rings. The number of aliphatic hydroxyl groups excluding tert-OH is 1. The SMILES string of the molecule is OCCOc1ccc2c(c1)N(C1CCN(CCc3ccc(F)cc3)CC1)CC2. The summed E-state index contributed by atoms with van der Waals surface area (Å²) in [5.74, 6) is 0.678. The molecule has 0 aliphatic carbocycles. The molecule has 0 saturated carbocycles. The monoisotopic (exact) mass is 384 g/mol. The molecule has 1 saturated heterocycles. The molecule has 2 heterocycles. The molecule has 1 N–H and O–H groups in total. The lowest BCUT2D eigenvalue weighted by atomic mass is 10.0. The van der Waals surface area contributed by atoms with Crippen LogP contribution in [0.4, 0.5) is 10.1 Å². The van der Waals surface area contributed by atoms with Gasteiger partial charge in [0.1, 0.15) is 18.2 Å². The Morgan fingerprint density at radius 1 is 1.04 bits per heavy atom. The van der Waals surface area contributed by atoms with Gasteiger partial charge in [-0.25, -0.2) is 4.39 Å². The van der Waals surface area contributed by atoms with Crippen LogP contribution in [0.1, 0.15) is 24.0 Å². The summed E-state index contributed by atoms with van der Waals surface area (Å²) in [6, 6.07) is 13.8. The maximum atomic E-state index is 13.0. The van der Waals surface area contributed by atoms with Crippen LogP contribution >= 0.6 is 0 Å². The Balaban J connectivity index is 1.30. The van der Waals surface area contributed by atoms with Gasteiger partial charge >= 0.3 is 0 Å². The van der Waals surface area contributed by atoms with E-state index in [4.69, 9.17) is 9.84 Å². The first-order valence-corrected chi connectivity index (χ1v) is 10.3. The average molecular weight is 384 g/mol. The van der Waals surface area contributed by atoms with E-state index in [-0.39, 0.29) is 12.4 Å². The average Bonchev–Trinajstić information content (AvgIpc) is 3.15. The van der Waals surface area contributed by atoms with Crippen LogP contribution in [0, 0.1) is 5.82 Å². The Hall–Kier alpha value is -2.11. The van der Waals surface area contributed by atoms with E-state index in [1.54, 1.807) is 12.1 Å². The van der Waals surface area contributed by atoms with Crippen LogP contribution in [0.25, 0.3) is 0 Å². The molecule has 0 unspecified atom stereocenters. The van der Waals surface area contributed by atoms with Crippen molar-refractivity contribution < 1.29 is 14.2 Å². The van der Waals surface area contributed by atoms with Crippen LogP contribution in [0.15, 0.2) is 42.5 Å². The van der Waals surface area contributed by atoms with Gasteiger partial charge in [0.15, 0.2) is 0 Å². The zero-order chi connectivity index (χ0) is 19.3. The molecule has 150 valence electrons. The second kappa shape index (κ2) is 8.93. The smallest absolute Gasteiger partial charge is 0.123 e. The molecular formula is C23H29FN2O2. The molecule has 0 radical (unpaired) electrons. The van der Waals surface area contributed by atoms with Crippen LogP contribution in [-0.4, -0.2) is 55.4 Å². The molecule has 0 bridgehead atoms.